The first-order chi connectivity index (χ1) is 7.67. The lowest BCUT2D eigenvalue weighted by atomic mass is 10.3. The number of hydrogen-bond donors (Lipinski definition) is 2. The minimum atomic E-state index is -1.09. The van der Waals surface area contributed by atoms with Gasteiger partial charge in [-0.3, -0.25) is 0 Å². The van der Waals surface area contributed by atoms with Crippen LogP contribution in [0, 0.1) is 0 Å². The Morgan fingerprint density at radius 2 is 2.31 bits per heavy atom. The van der Waals surface area contributed by atoms with E-state index >= 15 is 0 Å². The highest BCUT2D eigenvalue weighted by Gasteiger charge is 2.11. The van der Waals surface area contributed by atoms with Crippen LogP contribution in [0.4, 0.5) is 5.88 Å². The smallest absolute Gasteiger partial charge is 0.371 e. The van der Waals surface area contributed by atoms with Crippen molar-refractivity contribution in [2.24, 2.45) is 0 Å². The van der Waals surface area contributed by atoms with E-state index in [2.05, 4.69) is 5.32 Å². The second-order valence-corrected chi connectivity index (χ2v) is 3.16. The van der Waals surface area contributed by atoms with Crippen molar-refractivity contribution in [2.75, 3.05) is 32.7 Å². The summed E-state index contributed by atoms with van der Waals surface area (Å²) >= 11 is 0. The van der Waals surface area contributed by atoms with E-state index in [1.54, 1.807) is 20.3 Å². The fourth-order valence-electron chi connectivity index (χ4n) is 1.16. The van der Waals surface area contributed by atoms with E-state index in [4.69, 9.17) is 19.0 Å². The summed E-state index contributed by atoms with van der Waals surface area (Å²) in [5, 5.41) is 11.6. The van der Waals surface area contributed by atoms with E-state index in [1.165, 1.54) is 6.07 Å². The summed E-state index contributed by atoms with van der Waals surface area (Å²) in [6, 6.07) is 2.95. The van der Waals surface area contributed by atoms with E-state index in [0.717, 1.165) is 0 Å². The molecule has 6 nitrogen and oxygen atoms in total. The summed E-state index contributed by atoms with van der Waals surface area (Å²) < 4.78 is 15.1. The van der Waals surface area contributed by atoms with Crippen molar-refractivity contribution in [3.63, 3.8) is 0 Å². The molecular formula is C10H15NO5. The van der Waals surface area contributed by atoms with Gasteiger partial charge in [0.15, 0.2) is 5.88 Å². The maximum absolute atomic E-state index is 10.5. The fraction of sp³-hybridized carbons (Fsp3) is 0.500. The summed E-state index contributed by atoms with van der Waals surface area (Å²) in [5.41, 5.74) is 0. The Bertz CT molecular complexity index is 336. The number of carbonyl (C=O) groups is 1. The van der Waals surface area contributed by atoms with Gasteiger partial charge in [-0.15, -0.1) is 0 Å². The van der Waals surface area contributed by atoms with Crippen molar-refractivity contribution in [3.8, 4) is 0 Å². The molecule has 0 aliphatic carbocycles. The molecule has 0 saturated carbocycles. The van der Waals surface area contributed by atoms with Crippen molar-refractivity contribution >= 4 is 11.9 Å². The molecule has 1 aromatic rings. The van der Waals surface area contributed by atoms with Crippen LogP contribution in [0.2, 0.25) is 0 Å². The van der Waals surface area contributed by atoms with Crippen molar-refractivity contribution in [2.45, 2.75) is 6.10 Å². The molecule has 0 saturated heterocycles. The molecule has 0 bridgehead atoms. The number of carboxylic acids is 1. The van der Waals surface area contributed by atoms with E-state index in [1.807, 2.05) is 0 Å². The maximum Gasteiger partial charge on any atom is 0.371 e. The molecule has 6 heteroatoms. The first-order valence-corrected chi connectivity index (χ1v) is 4.76. The molecule has 0 aliphatic heterocycles. The quantitative estimate of drug-likeness (QED) is 0.727. The molecule has 0 spiro atoms. The van der Waals surface area contributed by atoms with Gasteiger partial charge in [-0.25, -0.2) is 4.79 Å². The third kappa shape index (κ3) is 3.56. The van der Waals surface area contributed by atoms with Gasteiger partial charge in [0, 0.05) is 26.8 Å². The van der Waals surface area contributed by atoms with E-state index in [9.17, 15) is 4.79 Å². The minimum Gasteiger partial charge on any atom is -0.475 e. The SMILES string of the molecule is COCC(CNc1ccc(C(=O)O)o1)OC. The summed E-state index contributed by atoms with van der Waals surface area (Å²) in [5.74, 6) is -0.785. The Morgan fingerprint density at radius 3 is 2.81 bits per heavy atom. The second-order valence-electron chi connectivity index (χ2n) is 3.16. The predicted molar refractivity (Wildman–Crippen MR) is 56.8 cm³/mol. The number of furan rings is 1. The van der Waals surface area contributed by atoms with Gasteiger partial charge in [0.05, 0.1) is 12.7 Å². The summed E-state index contributed by atoms with van der Waals surface area (Å²) in [7, 11) is 3.16. The van der Waals surface area contributed by atoms with E-state index in [0.29, 0.717) is 19.0 Å². The number of ether oxygens (including phenoxy) is 2. The average molecular weight is 229 g/mol. The van der Waals surface area contributed by atoms with Crippen LogP contribution in [0.25, 0.3) is 0 Å². The highest BCUT2D eigenvalue weighted by atomic mass is 16.5. The van der Waals surface area contributed by atoms with Gasteiger partial charge in [-0.2, -0.15) is 0 Å². The van der Waals surface area contributed by atoms with Crippen LogP contribution in [-0.4, -0.2) is 44.6 Å². The summed E-state index contributed by atoms with van der Waals surface area (Å²) in [6.45, 7) is 0.937. The number of hydrogen-bond acceptors (Lipinski definition) is 5. The zero-order valence-electron chi connectivity index (χ0n) is 9.23. The van der Waals surface area contributed by atoms with Gasteiger partial charge in [-0.05, 0) is 6.07 Å². The number of nitrogens with one attached hydrogen (secondary N) is 1. The molecule has 16 heavy (non-hydrogen) atoms. The lowest BCUT2D eigenvalue weighted by Crippen LogP contribution is -2.26. The fourth-order valence-corrected chi connectivity index (χ4v) is 1.16. The number of carboxylic acid groups (broad SMARTS) is 1. The third-order valence-corrected chi connectivity index (χ3v) is 2.01. The zero-order valence-corrected chi connectivity index (χ0v) is 9.23. The molecule has 0 fully saturated rings. The third-order valence-electron chi connectivity index (χ3n) is 2.01. The number of rotatable bonds is 7. The van der Waals surface area contributed by atoms with E-state index in [-0.39, 0.29) is 11.9 Å². The molecule has 0 aliphatic rings. The molecule has 1 heterocycles. The highest BCUT2D eigenvalue weighted by molar-refractivity contribution is 5.84. The van der Waals surface area contributed by atoms with E-state index < -0.39 is 5.97 Å². The van der Waals surface area contributed by atoms with Crippen molar-refractivity contribution in [1.82, 2.24) is 0 Å². The van der Waals surface area contributed by atoms with Crippen LogP contribution in [0.5, 0.6) is 0 Å². The number of aromatic carboxylic acids is 1. The van der Waals surface area contributed by atoms with Gasteiger partial charge in [-0.1, -0.05) is 0 Å². The van der Waals surface area contributed by atoms with Gasteiger partial charge < -0.3 is 24.3 Å². The predicted octanol–water partition coefficient (Wildman–Crippen LogP) is 1.05. The van der Waals surface area contributed by atoms with Crippen molar-refractivity contribution in [1.29, 1.82) is 0 Å². The maximum atomic E-state index is 10.5. The van der Waals surface area contributed by atoms with Crippen LogP contribution in [-0.2, 0) is 9.47 Å². The van der Waals surface area contributed by atoms with Crippen LogP contribution in [0.15, 0.2) is 16.5 Å². The van der Waals surface area contributed by atoms with Gasteiger partial charge in [0.25, 0.3) is 0 Å². The molecule has 0 aromatic carbocycles. The Balaban J connectivity index is 2.44. The zero-order chi connectivity index (χ0) is 12.0. The Labute approximate surface area is 93.1 Å². The lowest BCUT2D eigenvalue weighted by molar-refractivity contribution is 0.0363. The molecule has 1 rings (SSSR count). The molecule has 2 N–H and O–H groups in total. The Kier molecular flexibility index (Phi) is 4.81. The molecule has 1 aromatic heterocycles. The minimum absolute atomic E-state index is 0.0943. The Hall–Kier alpha value is -1.53. The first-order valence-electron chi connectivity index (χ1n) is 4.76. The topological polar surface area (TPSA) is 80.9 Å². The first kappa shape index (κ1) is 12.5. The van der Waals surface area contributed by atoms with Gasteiger partial charge in [0.2, 0.25) is 5.76 Å². The molecule has 1 atom stereocenters. The molecule has 0 radical (unpaired) electrons. The van der Waals surface area contributed by atoms with Crippen LogP contribution < -0.4 is 5.32 Å². The number of methoxy groups -OCH3 is 2. The molecule has 0 amide bonds. The van der Waals surface area contributed by atoms with Crippen LogP contribution in [0.3, 0.4) is 0 Å². The summed E-state index contributed by atoms with van der Waals surface area (Å²) in [4.78, 5) is 10.5. The van der Waals surface area contributed by atoms with Crippen molar-refractivity contribution in [3.05, 3.63) is 17.9 Å². The van der Waals surface area contributed by atoms with Crippen LogP contribution >= 0.6 is 0 Å². The highest BCUT2D eigenvalue weighted by Crippen LogP contribution is 2.13. The normalized spacial score (nSPS) is 12.4. The Morgan fingerprint density at radius 1 is 1.56 bits per heavy atom. The van der Waals surface area contributed by atoms with Crippen LogP contribution in [0.1, 0.15) is 10.6 Å². The largest absolute Gasteiger partial charge is 0.475 e. The van der Waals surface area contributed by atoms with Gasteiger partial charge >= 0.3 is 5.97 Å². The standard InChI is InChI=1S/C10H15NO5/c1-14-6-7(15-2)5-11-9-4-3-8(16-9)10(12)13/h3-4,7,11H,5-6H2,1-2H3,(H,12,13). The molecule has 1 unspecified atom stereocenters. The van der Waals surface area contributed by atoms with Gasteiger partial charge in [0.1, 0.15) is 0 Å². The number of anilines is 1. The molecular weight excluding hydrogens is 214 g/mol. The average Bonchev–Trinajstić information content (AvgIpc) is 2.73. The second kappa shape index (κ2) is 6.14. The monoisotopic (exact) mass is 229 g/mol. The lowest BCUT2D eigenvalue weighted by Gasteiger charge is -2.14. The molecule has 90 valence electrons. The van der Waals surface area contributed by atoms with Crippen molar-refractivity contribution < 1.29 is 23.8 Å². The summed E-state index contributed by atoms with van der Waals surface area (Å²) in [6.07, 6.45) is -0.108.